The quantitative estimate of drug-likeness (QED) is 0.719. The number of rotatable bonds is 2. The van der Waals surface area contributed by atoms with E-state index in [0.717, 1.165) is 38.9 Å². The molecule has 3 nitrogen and oxygen atoms in total. The van der Waals surface area contributed by atoms with Gasteiger partial charge in [-0.25, -0.2) is 0 Å². The van der Waals surface area contributed by atoms with Gasteiger partial charge in [-0.05, 0) is 38.5 Å². The Balaban J connectivity index is 1.77. The minimum absolute atomic E-state index is 0.0764. The van der Waals surface area contributed by atoms with E-state index in [-0.39, 0.29) is 6.10 Å². The second kappa shape index (κ2) is 4.40. The van der Waals surface area contributed by atoms with E-state index >= 15 is 0 Å². The molecule has 2 rings (SSSR count). The smallest absolute Gasteiger partial charge is 0.0644 e. The van der Waals surface area contributed by atoms with Gasteiger partial charge in [0.25, 0.3) is 0 Å². The minimum Gasteiger partial charge on any atom is -0.393 e. The summed E-state index contributed by atoms with van der Waals surface area (Å²) < 4.78 is 0. The third-order valence-corrected chi connectivity index (χ3v) is 4.04. The zero-order valence-electron chi connectivity index (χ0n) is 9.65. The van der Waals surface area contributed by atoms with Crippen LogP contribution in [0, 0.1) is 5.92 Å². The summed E-state index contributed by atoms with van der Waals surface area (Å²) in [6.45, 7) is 4.92. The number of piperidine rings is 1. The van der Waals surface area contributed by atoms with Gasteiger partial charge < -0.3 is 15.1 Å². The molecule has 2 aliphatic rings. The lowest BCUT2D eigenvalue weighted by atomic mass is 9.93. The molecule has 1 saturated heterocycles. The fourth-order valence-corrected chi connectivity index (χ4v) is 2.78. The van der Waals surface area contributed by atoms with Crippen molar-refractivity contribution in [1.82, 2.24) is 4.90 Å². The normalized spacial score (nSPS) is 37.0. The molecule has 88 valence electrons. The molecule has 0 radical (unpaired) electrons. The van der Waals surface area contributed by atoms with Gasteiger partial charge in [-0.1, -0.05) is 6.42 Å². The first-order chi connectivity index (χ1) is 7.07. The van der Waals surface area contributed by atoms with E-state index in [1.165, 1.54) is 12.8 Å². The third kappa shape index (κ3) is 2.92. The molecule has 1 heterocycles. The zero-order valence-corrected chi connectivity index (χ0v) is 9.65. The highest BCUT2D eigenvalue weighted by Crippen LogP contribution is 2.28. The Morgan fingerprint density at radius 3 is 2.47 bits per heavy atom. The van der Waals surface area contributed by atoms with Gasteiger partial charge in [0.2, 0.25) is 0 Å². The Kier molecular flexibility index (Phi) is 3.33. The summed E-state index contributed by atoms with van der Waals surface area (Å²) in [7, 11) is 0. The van der Waals surface area contributed by atoms with E-state index in [4.69, 9.17) is 0 Å². The first kappa shape index (κ1) is 11.4. The number of hydrogen-bond acceptors (Lipinski definition) is 3. The molecule has 0 bridgehead atoms. The zero-order chi connectivity index (χ0) is 10.9. The van der Waals surface area contributed by atoms with Crippen LogP contribution in [0.3, 0.4) is 0 Å². The summed E-state index contributed by atoms with van der Waals surface area (Å²) in [5.41, 5.74) is -0.454. The van der Waals surface area contributed by atoms with Crippen molar-refractivity contribution < 1.29 is 10.2 Å². The van der Waals surface area contributed by atoms with Gasteiger partial charge in [0, 0.05) is 19.6 Å². The van der Waals surface area contributed by atoms with E-state index < -0.39 is 5.60 Å². The van der Waals surface area contributed by atoms with Crippen LogP contribution in [0.25, 0.3) is 0 Å². The predicted molar refractivity (Wildman–Crippen MR) is 59.6 cm³/mol. The molecule has 1 saturated carbocycles. The predicted octanol–water partition coefficient (Wildman–Crippen LogP) is 0.994. The second-order valence-electron chi connectivity index (χ2n) is 5.56. The van der Waals surface area contributed by atoms with Crippen LogP contribution in [0.5, 0.6) is 0 Å². The van der Waals surface area contributed by atoms with Crippen molar-refractivity contribution in [3.63, 3.8) is 0 Å². The van der Waals surface area contributed by atoms with Gasteiger partial charge in [0.15, 0.2) is 0 Å². The highest BCUT2D eigenvalue weighted by Gasteiger charge is 2.31. The number of nitrogens with zero attached hydrogens (tertiary/aromatic N) is 1. The van der Waals surface area contributed by atoms with Gasteiger partial charge >= 0.3 is 0 Å². The summed E-state index contributed by atoms with van der Waals surface area (Å²) >= 11 is 0. The fraction of sp³-hybridized carbons (Fsp3) is 1.00. The van der Waals surface area contributed by atoms with Crippen molar-refractivity contribution >= 4 is 0 Å². The summed E-state index contributed by atoms with van der Waals surface area (Å²) in [5, 5.41) is 19.6. The molecular weight excluding hydrogens is 190 g/mol. The van der Waals surface area contributed by atoms with E-state index in [2.05, 4.69) is 4.90 Å². The topological polar surface area (TPSA) is 43.7 Å². The Morgan fingerprint density at radius 2 is 1.93 bits per heavy atom. The average Bonchev–Trinajstić information content (AvgIpc) is 2.56. The van der Waals surface area contributed by atoms with Crippen molar-refractivity contribution in [2.45, 2.75) is 50.7 Å². The molecule has 0 aromatic carbocycles. The van der Waals surface area contributed by atoms with Crippen LogP contribution < -0.4 is 0 Å². The van der Waals surface area contributed by atoms with Crippen molar-refractivity contribution in [1.29, 1.82) is 0 Å². The molecule has 2 fully saturated rings. The highest BCUT2D eigenvalue weighted by molar-refractivity contribution is 4.85. The largest absolute Gasteiger partial charge is 0.393 e. The Morgan fingerprint density at radius 1 is 1.27 bits per heavy atom. The lowest BCUT2D eigenvalue weighted by molar-refractivity contribution is -0.0134. The van der Waals surface area contributed by atoms with Gasteiger partial charge in [0.05, 0.1) is 11.7 Å². The van der Waals surface area contributed by atoms with Crippen molar-refractivity contribution in [2.24, 2.45) is 5.92 Å². The van der Waals surface area contributed by atoms with E-state index in [1.807, 2.05) is 6.92 Å². The van der Waals surface area contributed by atoms with Crippen LogP contribution in [-0.4, -0.2) is 46.5 Å². The maximum absolute atomic E-state index is 9.83. The lowest BCUT2D eigenvalue weighted by Gasteiger charge is -2.37. The molecule has 1 aliphatic carbocycles. The number of aliphatic hydroxyl groups excluding tert-OH is 1. The van der Waals surface area contributed by atoms with Gasteiger partial charge in [-0.3, -0.25) is 0 Å². The molecule has 3 heteroatoms. The highest BCUT2D eigenvalue weighted by atomic mass is 16.3. The minimum atomic E-state index is -0.454. The van der Waals surface area contributed by atoms with Crippen LogP contribution in [0.2, 0.25) is 0 Å². The Labute approximate surface area is 92.1 Å². The molecule has 0 amide bonds. The van der Waals surface area contributed by atoms with Gasteiger partial charge in [-0.15, -0.1) is 0 Å². The summed E-state index contributed by atoms with van der Waals surface area (Å²) in [6.07, 6.45) is 5.00. The molecule has 2 unspecified atom stereocenters. The van der Waals surface area contributed by atoms with Crippen LogP contribution in [0.15, 0.2) is 0 Å². The van der Waals surface area contributed by atoms with Gasteiger partial charge in [0.1, 0.15) is 0 Å². The monoisotopic (exact) mass is 213 g/mol. The first-order valence-electron chi connectivity index (χ1n) is 6.20. The number of hydrogen-bond donors (Lipinski definition) is 2. The fourth-order valence-electron chi connectivity index (χ4n) is 2.78. The van der Waals surface area contributed by atoms with Crippen molar-refractivity contribution in [3.8, 4) is 0 Å². The summed E-state index contributed by atoms with van der Waals surface area (Å²) in [4.78, 5) is 2.40. The van der Waals surface area contributed by atoms with E-state index in [1.54, 1.807) is 0 Å². The summed E-state index contributed by atoms with van der Waals surface area (Å²) in [5.74, 6) is 0.480. The van der Waals surface area contributed by atoms with Crippen LogP contribution in [-0.2, 0) is 0 Å². The molecule has 0 aromatic rings. The molecule has 0 spiro atoms. The van der Waals surface area contributed by atoms with Crippen molar-refractivity contribution in [2.75, 3.05) is 19.6 Å². The van der Waals surface area contributed by atoms with Gasteiger partial charge in [-0.2, -0.15) is 0 Å². The molecule has 0 aromatic heterocycles. The van der Waals surface area contributed by atoms with Crippen molar-refractivity contribution in [3.05, 3.63) is 0 Å². The Bertz CT molecular complexity index is 208. The van der Waals surface area contributed by atoms with Crippen LogP contribution in [0.4, 0.5) is 0 Å². The van der Waals surface area contributed by atoms with Crippen LogP contribution >= 0.6 is 0 Å². The average molecular weight is 213 g/mol. The summed E-state index contributed by atoms with van der Waals surface area (Å²) in [6, 6.07) is 0. The molecule has 15 heavy (non-hydrogen) atoms. The Hall–Kier alpha value is -0.120. The van der Waals surface area contributed by atoms with E-state index in [9.17, 15) is 10.2 Å². The number of aliphatic hydroxyl groups is 2. The second-order valence-corrected chi connectivity index (χ2v) is 5.56. The molecule has 1 aliphatic heterocycles. The van der Waals surface area contributed by atoms with E-state index in [0.29, 0.717) is 5.92 Å². The maximum atomic E-state index is 9.83. The lowest BCUT2D eigenvalue weighted by Crippen LogP contribution is -2.44. The maximum Gasteiger partial charge on any atom is 0.0644 e. The standard InChI is InChI=1S/C12H23NO2/c1-12(15)5-7-13(8-6-12)9-10-3-2-4-11(10)14/h10-11,14-15H,2-9H2,1H3. The SMILES string of the molecule is CC1(O)CCN(CC2CCCC2O)CC1. The first-order valence-corrected chi connectivity index (χ1v) is 6.20. The number of likely N-dealkylation sites (tertiary alicyclic amines) is 1. The van der Waals surface area contributed by atoms with Crippen LogP contribution in [0.1, 0.15) is 39.0 Å². The molecular formula is C12H23NO2. The molecule has 2 N–H and O–H groups in total. The third-order valence-electron chi connectivity index (χ3n) is 4.04. The molecule has 2 atom stereocenters.